The van der Waals surface area contributed by atoms with Crippen LogP contribution in [0.15, 0.2) is 41.1 Å². The molecule has 0 saturated heterocycles. The van der Waals surface area contributed by atoms with Crippen LogP contribution in [0.25, 0.3) is 0 Å². The van der Waals surface area contributed by atoms with E-state index in [1.54, 1.807) is 6.20 Å². The Morgan fingerprint density at radius 3 is 2.70 bits per heavy atom. The SMILES string of the molecule is CN(C)Cc1ccc(CSCCNc2nsnc2NCc2cccnc2)o1. The van der Waals surface area contributed by atoms with Gasteiger partial charge in [0, 0.05) is 31.2 Å². The summed E-state index contributed by atoms with van der Waals surface area (Å²) in [6.45, 7) is 2.33. The Labute approximate surface area is 167 Å². The number of hydrogen-bond donors (Lipinski definition) is 2. The summed E-state index contributed by atoms with van der Waals surface area (Å²) in [6, 6.07) is 8.07. The molecule has 27 heavy (non-hydrogen) atoms. The second-order valence-electron chi connectivity index (χ2n) is 6.26. The van der Waals surface area contributed by atoms with Gasteiger partial charge in [-0.3, -0.25) is 4.98 Å². The number of aromatic nitrogens is 3. The van der Waals surface area contributed by atoms with Crippen molar-refractivity contribution in [2.75, 3.05) is 37.0 Å². The van der Waals surface area contributed by atoms with E-state index in [0.717, 1.165) is 53.3 Å². The van der Waals surface area contributed by atoms with Gasteiger partial charge >= 0.3 is 0 Å². The standard InChI is InChI=1S/C18H24N6OS2/c1-24(2)12-15-5-6-16(25-15)13-26-9-8-20-17-18(23-27-22-17)21-11-14-4-3-7-19-10-14/h3-7,10H,8-9,11-13H2,1-2H3,(H,20,22)(H,21,23). The third kappa shape index (κ3) is 6.53. The van der Waals surface area contributed by atoms with Gasteiger partial charge in [0.15, 0.2) is 11.6 Å². The van der Waals surface area contributed by atoms with Crippen molar-refractivity contribution in [1.29, 1.82) is 0 Å². The monoisotopic (exact) mass is 404 g/mol. The fourth-order valence-electron chi connectivity index (χ4n) is 2.42. The lowest BCUT2D eigenvalue weighted by Crippen LogP contribution is -2.09. The summed E-state index contributed by atoms with van der Waals surface area (Å²) in [5.74, 6) is 5.45. The molecule has 0 atom stereocenters. The third-order valence-corrected chi connectivity index (χ3v) is 5.15. The molecule has 0 amide bonds. The lowest BCUT2D eigenvalue weighted by Gasteiger charge is -2.07. The van der Waals surface area contributed by atoms with Gasteiger partial charge in [0.2, 0.25) is 0 Å². The average molecular weight is 405 g/mol. The molecule has 2 N–H and O–H groups in total. The van der Waals surface area contributed by atoms with Crippen LogP contribution in [0.4, 0.5) is 11.6 Å². The van der Waals surface area contributed by atoms with Gasteiger partial charge in [0.25, 0.3) is 0 Å². The average Bonchev–Trinajstić information content (AvgIpc) is 3.29. The normalized spacial score (nSPS) is 11.1. The molecule has 0 fully saturated rings. The highest BCUT2D eigenvalue weighted by atomic mass is 32.2. The number of hydrogen-bond acceptors (Lipinski definition) is 9. The van der Waals surface area contributed by atoms with Crippen molar-refractivity contribution in [2.45, 2.75) is 18.8 Å². The van der Waals surface area contributed by atoms with E-state index in [4.69, 9.17) is 4.42 Å². The molecule has 3 aromatic rings. The molecule has 7 nitrogen and oxygen atoms in total. The summed E-state index contributed by atoms with van der Waals surface area (Å²) < 4.78 is 14.5. The van der Waals surface area contributed by atoms with Crippen LogP contribution in [0.2, 0.25) is 0 Å². The lowest BCUT2D eigenvalue weighted by atomic mass is 10.3. The molecule has 0 aliphatic heterocycles. The first-order chi connectivity index (χ1) is 13.2. The van der Waals surface area contributed by atoms with Crippen molar-refractivity contribution in [3.63, 3.8) is 0 Å². The number of rotatable bonds is 11. The fourth-order valence-corrected chi connectivity index (χ4v) is 3.67. The molecule has 0 unspecified atom stereocenters. The fraction of sp³-hybridized carbons (Fsp3) is 0.389. The van der Waals surface area contributed by atoms with E-state index < -0.39 is 0 Å². The molecule has 3 rings (SSSR count). The molecule has 0 bridgehead atoms. The zero-order chi connectivity index (χ0) is 18.9. The zero-order valence-electron chi connectivity index (χ0n) is 15.5. The van der Waals surface area contributed by atoms with Gasteiger partial charge in [-0.2, -0.15) is 20.5 Å². The van der Waals surface area contributed by atoms with Crippen LogP contribution >= 0.6 is 23.5 Å². The molecule has 3 aromatic heterocycles. The largest absolute Gasteiger partial charge is 0.464 e. The number of furan rings is 1. The Bertz CT molecular complexity index is 805. The van der Waals surface area contributed by atoms with Crippen LogP contribution in [0.5, 0.6) is 0 Å². The Morgan fingerprint density at radius 2 is 1.93 bits per heavy atom. The summed E-state index contributed by atoms with van der Waals surface area (Å²) >= 11 is 3.04. The van der Waals surface area contributed by atoms with E-state index in [9.17, 15) is 0 Å². The molecule has 3 heterocycles. The van der Waals surface area contributed by atoms with Crippen LogP contribution in [0, 0.1) is 0 Å². The molecular formula is C18H24N6OS2. The Kier molecular flexibility index (Phi) is 7.49. The van der Waals surface area contributed by atoms with Crippen LogP contribution in [0.1, 0.15) is 17.1 Å². The molecule has 0 spiro atoms. The second kappa shape index (κ2) is 10.3. The Balaban J connectivity index is 1.36. The van der Waals surface area contributed by atoms with Crippen molar-refractivity contribution in [2.24, 2.45) is 0 Å². The maximum atomic E-state index is 5.82. The Morgan fingerprint density at radius 1 is 1.11 bits per heavy atom. The zero-order valence-corrected chi connectivity index (χ0v) is 17.1. The molecule has 0 aliphatic carbocycles. The first-order valence-electron chi connectivity index (χ1n) is 8.70. The molecule has 144 valence electrons. The van der Waals surface area contributed by atoms with Gasteiger partial charge < -0.3 is 20.0 Å². The predicted molar refractivity (Wildman–Crippen MR) is 112 cm³/mol. The highest BCUT2D eigenvalue weighted by molar-refractivity contribution is 7.98. The van der Waals surface area contributed by atoms with Crippen molar-refractivity contribution < 1.29 is 4.42 Å². The van der Waals surface area contributed by atoms with Gasteiger partial charge in [-0.15, -0.1) is 0 Å². The maximum Gasteiger partial charge on any atom is 0.184 e. The van der Waals surface area contributed by atoms with Gasteiger partial charge in [-0.1, -0.05) is 6.07 Å². The summed E-state index contributed by atoms with van der Waals surface area (Å²) in [6.07, 6.45) is 3.61. The minimum Gasteiger partial charge on any atom is -0.464 e. The first kappa shape index (κ1) is 19.7. The smallest absolute Gasteiger partial charge is 0.184 e. The molecule has 9 heteroatoms. The highest BCUT2D eigenvalue weighted by Gasteiger charge is 2.08. The van der Waals surface area contributed by atoms with Crippen molar-refractivity contribution in [1.82, 2.24) is 18.6 Å². The topological polar surface area (TPSA) is 79.1 Å². The third-order valence-electron chi connectivity index (χ3n) is 3.64. The Hall–Kier alpha value is -2.10. The number of nitrogens with one attached hydrogen (secondary N) is 2. The van der Waals surface area contributed by atoms with Gasteiger partial charge in [0.05, 0.1) is 24.0 Å². The quantitative estimate of drug-likeness (QED) is 0.470. The van der Waals surface area contributed by atoms with Crippen LogP contribution in [-0.4, -0.2) is 45.0 Å². The van der Waals surface area contributed by atoms with Crippen LogP contribution in [-0.2, 0) is 18.8 Å². The predicted octanol–water partition coefficient (Wildman–Crippen LogP) is 3.55. The van der Waals surface area contributed by atoms with E-state index in [0.29, 0.717) is 6.54 Å². The molecule has 0 aliphatic rings. The van der Waals surface area contributed by atoms with Gasteiger partial charge in [-0.25, -0.2) is 0 Å². The molecule has 0 aromatic carbocycles. The van der Waals surface area contributed by atoms with Crippen molar-refractivity contribution >= 4 is 35.1 Å². The lowest BCUT2D eigenvalue weighted by molar-refractivity contribution is 0.344. The molecule has 0 saturated carbocycles. The van der Waals surface area contributed by atoms with Crippen molar-refractivity contribution in [3.05, 3.63) is 53.7 Å². The summed E-state index contributed by atoms with van der Waals surface area (Å²) in [5.41, 5.74) is 1.11. The minimum absolute atomic E-state index is 0.677. The second-order valence-corrected chi connectivity index (χ2v) is 7.90. The molecule has 0 radical (unpaired) electrons. The number of pyridine rings is 1. The molecular weight excluding hydrogens is 380 g/mol. The summed E-state index contributed by atoms with van der Waals surface area (Å²) in [4.78, 5) is 6.21. The van der Waals surface area contributed by atoms with E-state index in [-0.39, 0.29) is 0 Å². The van der Waals surface area contributed by atoms with Crippen LogP contribution in [0.3, 0.4) is 0 Å². The van der Waals surface area contributed by atoms with Crippen LogP contribution < -0.4 is 10.6 Å². The van der Waals surface area contributed by atoms with E-state index in [1.807, 2.05) is 44.2 Å². The number of thioether (sulfide) groups is 1. The van der Waals surface area contributed by atoms with Gasteiger partial charge in [-0.05, 0) is 37.9 Å². The van der Waals surface area contributed by atoms with E-state index in [1.165, 1.54) is 11.7 Å². The first-order valence-corrected chi connectivity index (χ1v) is 10.6. The van der Waals surface area contributed by atoms with Crippen molar-refractivity contribution in [3.8, 4) is 0 Å². The summed E-state index contributed by atoms with van der Waals surface area (Å²) in [5, 5.41) is 6.65. The number of nitrogens with zero attached hydrogens (tertiary/aromatic N) is 4. The van der Waals surface area contributed by atoms with E-state index in [2.05, 4.69) is 41.4 Å². The van der Waals surface area contributed by atoms with E-state index >= 15 is 0 Å². The van der Waals surface area contributed by atoms with Gasteiger partial charge in [0.1, 0.15) is 11.5 Å². The summed E-state index contributed by atoms with van der Waals surface area (Å²) in [7, 11) is 4.08. The highest BCUT2D eigenvalue weighted by Crippen LogP contribution is 2.20. The minimum atomic E-state index is 0.677. The maximum absolute atomic E-state index is 5.82. The number of anilines is 2.